The standard InChI is InChI=1S/C25H33ClN2O2S/c1-5-19(4)27-25(30)23(6-2)28(17-20-9-11-21(26)12-10-20)24(29)15-16-31-22-13-7-18(3)8-14-22/h7-14,19,23H,5-6,15-17H2,1-4H3,(H,27,30). The number of nitrogens with zero attached hydrogens (tertiary/aromatic N) is 1. The van der Waals surface area contributed by atoms with Crippen molar-refractivity contribution in [3.05, 3.63) is 64.7 Å². The highest BCUT2D eigenvalue weighted by molar-refractivity contribution is 7.99. The number of thioether (sulfide) groups is 1. The Balaban J connectivity index is 2.12. The van der Waals surface area contributed by atoms with E-state index in [0.29, 0.717) is 30.2 Å². The van der Waals surface area contributed by atoms with E-state index in [1.165, 1.54) is 5.56 Å². The minimum absolute atomic E-state index is 0.0132. The largest absolute Gasteiger partial charge is 0.352 e. The van der Waals surface area contributed by atoms with Crippen LogP contribution in [0.2, 0.25) is 5.02 Å². The number of carbonyl (C=O) groups is 2. The fourth-order valence-electron chi connectivity index (χ4n) is 3.18. The number of hydrogen-bond donors (Lipinski definition) is 1. The number of amides is 2. The molecule has 0 aliphatic carbocycles. The summed E-state index contributed by atoms with van der Waals surface area (Å²) in [6.45, 7) is 8.41. The number of carbonyl (C=O) groups excluding carboxylic acids is 2. The molecule has 2 aromatic rings. The maximum Gasteiger partial charge on any atom is 0.243 e. The average molecular weight is 461 g/mol. The predicted octanol–water partition coefficient (Wildman–Crippen LogP) is 5.85. The number of aryl methyl sites for hydroxylation is 1. The summed E-state index contributed by atoms with van der Waals surface area (Å²) in [6.07, 6.45) is 1.78. The van der Waals surface area contributed by atoms with Crippen LogP contribution in [0.4, 0.5) is 0 Å². The average Bonchev–Trinajstić information content (AvgIpc) is 2.76. The normalized spacial score (nSPS) is 12.8. The maximum atomic E-state index is 13.2. The molecule has 2 amide bonds. The van der Waals surface area contributed by atoms with Gasteiger partial charge in [-0.2, -0.15) is 0 Å². The first-order valence-corrected chi connectivity index (χ1v) is 12.2. The molecule has 0 aromatic heterocycles. The van der Waals surface area contributed by atoms with Crippen molar-refractivity contribution in [2.24, 2.45) is 0 Å². The third-order valence-corrected chi connectivity index (χ3v) is 6.52. The molecule has 0 saturated heterocycles. The van der Waals surface area contributed by atoms with Gasteiger partial charge in [0.05, 0.1) is 0 Å². The van der Waals surface area contributed by atoms with E-state index in [9.17, 15) is 9.59 Å². The smallest absolute Gasteiger partial charge is 0.243 e. The van der Waals surface area contributed by atoms with Crippen LogP contribution in [0.5, 0.6) is 0 Å². The van der Waals surface area contributed by atoms with Gasteiger partial charge in [-0.15, -0.1) is 11.8 Å². The number of hydrogen-bond acceptors (Lipinski definition) is 3. The molecule has 31 heavy (non-hydrogen) atoms. The number of halogens is 1. The molecule has 2 unspecified atom stereocenters. The Hall–Kier alpha value is -1.98. The van der Waals surface area contributed by atoms with Crippen LogP contribution in [0.25, 0.3) is 0 Å². The van der Waals surface area contributed by atoms with Crippen molar-refractivity contribution in [2.45, 2.75) is 70.5 Å². The Kier molecular flexibility index (Phi) is 10.4. The van der Waals surface area contributed by atoms with Crippen molar-refractivity contribution in [3.63, 3.8) is 0 Å². The van der Waals surface area contributed by atoms with Gasteiger partial charge in [-0.25, -0.2) is 0 Å². The SMILES string of the molecule is CCC(C)NC(=O)C(CC)N(Cc1ccc(Cl)cc1)C(=O)CCSc1ccc(C)cc1. The summed E-state index contributed by atoms with van der Waals surface area (Å²) in [7, 11) is 0. The van der Waals surface area contributed by atoms with E-state index in [-0.39, 0.29) is 17.9 Å². The Labute approximate surface area is 195 Å². The minimum atomic E-state index is -0.499. The number of rotatable bonds is 11. The Morgan fingerprint density at radius 3 is 2.26 bits per heavy atom. The molecule has 0 aliphatic heterocycles. The fraction of sp³-hybridized carbons (Fsp3) is 0.440. The molecule has 1 N–H and O–H groups in total. The van der Waals surface area contributed by atoms with Gasteiger partial charge in [0.1, 0.15) is 6.04 Å². The van der Waals surface area contributed by atoms with Crippen LogP contribution in [-0.4, -0.2) is 34.6 Å². The van der Waals surface area contributed by atoms with Crippen molar-refractivity contribution in [3.8, 4) is 0 Å². The molecule has 0 heterocycles. The molecule has 0 bridgehead atoms. The summed E-state index contributed by atoms with van der Waals surface area (Å²) in [4.78, 5) is 29.0. The van der Waals surface area contributed by atoms with Gasteiger partial charge in [0.15, 0.2) is 0 Å². The van der Waals surface area contributed by atoms with Crippen molar-refractivity contribution >= 4 is 35.2 Å². The molecule has 0 saturated carbocycles. The van der Waals surface area contributed by atoms with E-state index in [1.54, 1.807) is 16.7 Å². The molecule has 0 spiro atoms. The maximum absolute atomic E-state index is 13.2. The molecule has 6 heteroatoms. The topological polar surface area (TPSA) is 49.4 Å². The molecular formula is C25H33ClN2O2S. The summed E-state index contributed by atoms with van der Waals surface area (Å²) in [5.41, 5.74) is 2.17. The van der Waals surface area contributed by atoms with Gasteiger partial charge < -0.3 is 10.2 Å². The lowest BCUT2D eigenvalue weighted by molar-refractivity contribution is -0.141. The lowest BCUT2D eigenvalue weighted by Gasteiger charge is -2.31. The zero-order chi connectivity index (χ0) is 22.8. The van der Waals surface area contributed by atoms with Crippen LogP contribution < -0.4 is 5.32 Å². The molecule has 4 nitrogen and oxygen atoms in total. The first-order chi connectivity index (χ1) is 14.8. The summed E-state index contributed by atoms with van der Waals surface area (Å²) in [6, 6.07) is 15.3. The van der Waals surface area contributed by atoms with Gasteiger partial charge in [0.2, 0.25) is 11.8 Å². The van der Waals surface area contributed by atoms with Crippen LogP contribution in [0.3, 0.4) is 0 Å². The van der Waals surface area contributed by atoms with E-state index in [0.717, 1.165) is 16.9 Å². The molecule has 0 aliphatic rings. The van der Waals surface area contributed by atoms with Gasteiger partial charge in [0.25, 0.3) is 0 Å². The fourth-order valence-corrected chi connectivity index (χ4v) is 4.15. The van der Waals surface area contributed by atoms with Crippen molar-refractivity contribution in [2.75, 3.05) is 5.75 Å². The molecule has 2 aromatic carbocycles. The van der Waals surface area contributed by atoms with E-state index in [1.807, 2.05) is 45.0 Å². The van der Waals surface area contributed by atoms with Crippen molar-refractivity contribution < 1.29 is 9.59 Å². The van der Waals surface area contributed by atoms with E-state index < -0.39 is 6.04 Å². The van der Waals surface area contributed by atoms with E-state index in [4.69, 9.17) is 11.6 Å². The second-order valence-corrected chi connectivity index (χ2v) is 9.41. The van der Waals surface area contributed by atoms with E-state index >= 15 is 0 Å². The minimum Gasteiger partial charge on any atom is -0.352 e. The van der Waals surface area contributed by atoms with Gasteiger partial charge in [-0.05, 0) is 56.5 Å². The number of benzene rings is 2. The molecular weight excluding hydrogens is 428 g/mol. The highest BCUT2D eigenvalue weighted by atomic mass is 35.5. The van der Waals surface area contributed by atoms with E-state index in [2.05, 4.69) is 36.5 Å². The first-order valence-electron chi connectivity index (χ1n) is 10.9. The first kappa shape index (κ1) is 25.3. The summed E-state index contributed by atoms with van der Waals surface area (Å²) in [5, 5.41) is 3.69. The zero-order valence-electron chi connectivity index (χ0n) is 18.9. The quantitative estimate of drug-likeness (QED) is 0.427. The van der Waals surface area contributed by atoms with Gasteiger partial charge in [-0.3, -0.25) is 9.59 Å². The lowest BCUT2D eigenvalue weighted by atomic mass is 10.1. The molecule has 168 valence electrons. The van der Waals surface area contributed by atoms with Crippen LogP contribution in [0, 0.1) is 6.92 Å². The monoisotopic (exact) mass is 460 g/mol. The molecule has 2 rings (SSSR count). The highest BCUT2D eigenvalue weighted by Crippen LogP contribution is 2.21. The van der Waals surface area contributed by atoms with Crippen LogP contribution in [0.1, 0.15) is 51.2 Å². The third-order valence-electron chi connectivity index (χ3n) is 5.26. The van der Waals surface area contributed by atoms with Crippen molar-refractivity contribution in [1.29, 1.82) is 0 Å². The van der Waals surface area contributed by atoms with Crippen LogP contribution >= 0.6 is 23.4 Å². The molecule has 0 radical (unpaired) electrons. The molecule has 0 fully saturated rings. The second-order valence-electron chi connectivity index (χ2n) is 7.80. The third kappa shape index (κ3) is 8.23. The summed E-state index contributed by atoms with van der Waals surface area (Å²) < 4.78 is 0. The molecule has 2 atom stereocenters. The Morgan fingerprint density at radius 2 is 1.68 bits per heavy atom. The van der Waals surface area contributed by atoms with Gasteiger partial charge in [-0.1, -0.05) is 55.3 Å². The van der Waals surface area contributed by atoms with Gasteiger partial charge >= 0.3 is 0 Å². The zero-order valence-corrected chi connectivity index (χ0v) is 20.4. The summed E-state index contributed by atoms with van der Waals surface area (Å²) >= 11 is 7.67. The van der Waals surface area contributed by atoms with Crippen LogP contribution in [0.15, 0.2) is 53.4 Å². The van der Waals surface area contributed by atoms with Gasteiger partial charge in [0, 0.05) is 34.7 Å². The Bertz CT molecular complexity index is 840. The van der Waals surface area contributed by atoms with Crippen molar-refractivity contribution in [1.82, 2.24) is 10.2 Å². The highest BCUT2D eigenvalue weighted by Gasteiger charge is 2.28. The van der Waals surface area contributed by atoms with Crippen LogP contribution in [-0.2, 0) is 16.1 Å². The predicted molar refractivity (Wildman–Crippen MR) is 130 cm³/mol. The number of nitrogens with one attached hydrogen (secondary N) is 1. The second kappa shape index (κ2) is 12.8. The summed E-state index contributed by atoms with van der Waals surface area (Å²) in [5.74, 6) is 0.564. The lowest BCUT2D eigenvalue weighted by Crippen LogP contribution is -2.50. The Morgan fingerprint density at radius 1 is 1.03 bits per heavy atom.